The maximum Gasteiger partial charge on any atom is 0.0911 e. The predicted molar refractivity (Wildman–Crippen MR) is 69.1 cm³/mol. The highest BCUT2D eigenvalue weighted by molar-refractivity contribution is 7.16. The van der Waals surface area contributed by atoms with Gasteiger partial charge in [-0.05, 0) is 43.7 Å². The quantitative estimate of drug-likeness (QED) is 0.755. The molecule has 84 valence electrons. The van der Waals surface area contributed by atoms with Crippen molar-refractivity contribution in [3.8, 4) is 0 Å². The van der Waals surface area contributed by atoms with Gasteiger partial charge in [-0.15, -0.1) is 11.3 Å². The second-order valence-corrected chi connectivity index (χ2v) is 5.68. The molecule has 2 heteroatoms. The Morgan fingerprint density at radius 2 is 2.27 bits per heavy atom. The first-order chi connectivity index (χ1) is 7.24. The maximum absolute atomic E-state index is 2.42. The van der Waals surface area contributed by atoms with Crippen LogP contribution in [0.15, 0.2) is 6.07 Å². The maximum atomic E-state index is 2.42. The number of hydrogen-bond donors (Lipinski definition) is 0. The summed E-state index contributed by atoms with van der Waals surface area (Å²) < 4.78 is 0. The van der Waals surface area contributed by atoms with Crippen molar-refractivity contribution < 1.29 is 0 Å². The largest absolute Gasteiger partial charge is 0.367 e. The summed E-state index contributed by atoms with van der Waals surface area (Å²) in [6, 6.07) is 2.42. The zero-order valence-corrected chi connectivity index (χ0v) is 10.9. The number of aryl methyl sites for hydroxylation is 1. The van der Waals surface area contributed by atoms with E-state index in [1.165, 1.54) is 30.7 Å². The van der Waals surface area contributed by atoms with Gasteiger partial charge in [-0.25, -0.2) is 0 Å². The average Bonchev–Trinajstić information content (AvgIpc) is 2.70. The van der Waals surface area contributed by atoms with Crippen molar-refractivity contribution >= 4 is 16.3 Å². The van der Waals surface area contributed by atoms with Crippen LogP contribution in [0.2, 0.25) is 0 Å². The third-order valence-corrected chi connectivity index (χ3v) is 4.95. The molecule has 2 rings (SSSR count). The molecule has 0 aliphatic heterocycles. The van der Waals surface area contributed by atoms with E-state index in [4.69, 9.17) is 0 Å². The van der Waals surface area contributed by atoms with Gasteiger partial charge in [0.2, 0.25) is 0 Å². The zero-order chi connectivity index (χ0) is 10.8. The monoisotopic (exact) mass is 223 g/mol. The molecule has 0 radical (unpaired) electrons. The van der Waals surface area contributed by atoms with Gasteiger partial charge in [0, 0.05) is 18.5 Å². The minimum absolute atomic E-state index is 0.937. The molecule has 1 atom stereocenters. The van der Waals surface area contributed by atoms with Crippen LogP contribution < -0.4 is 4.90 Å². The van der Waals surface area contributed by atoms with Gasteiger partial charge in [0.15, 0.2) is 0 Å². The van der Waals surface area contributed by atoms with Crippen molar-refractivity contribution in [3.05, 3.63) is 16.5 Å². The molecule has 0 amide bonds. The van der Waals surface area contributed by atoms with Crippen molar-refractivity contribution in [1.82, 2.24) is 0 Å². The Hall–Kier alpha value is -0.500. The smallest absolute Gasteiger partial charge is 0.0911 e. The predicted octanol–water partition coefficient (Wildman–Crippen LogP) is 3.72. The molecule has 0 fully saturated rings. The Balaban J connectivity index is 2.18. The van der Waals surface area contributed by atoms with E-state index in [0.29, 0.717) is 0 Å². The second kappa shape index (κ2) is 4.56. The molecule has 0 spiro atoms. The van der Waals surface area contributed by atoms with E-state index >= 15 is 0 Å². The van der Waals surface area contributed by atoms with Gasteiger partial charge < -0.3 is 4.90 Å². The summed E-state index contributed by atoms with van der Waals surface area (Å²) in [4.78, 5) is 4.00. The SMILES string of the molecule is CCC1CCc2sc(N(C)CC)cc2C1. The molecule has 1 aliphatic carbocycles. The fourth-order valence-corrected chi connectivity index (χ4v) is 3.51. The molecular formula is C13H21NS. The third kappa shape index (κ3) is 2.20. The minimum Gasteiger partial charge on any atom is -0.367 e. The summed E-state index contributed by atoms with van der Waals surface area (Å²) in [7, 11) is 2.19. The van der Waals surface area contributed by atoms with Crippen molar-refractivity contribution in [2.75, 3.05) is 18.5 Å². The summed E-state index contributed by atoms with van der Waals surface area (Å²) in [5.41, 5.74) is 1.63. The molecule has 0 aromatic carbocycles. The molecule has 1 aromatic rings. The van der Waals surface area contributed by atoms with Crippen molar-refractivity contribution in [3.63, 3.8) is 0 Å². The van der Waals surface area contributed by atoms with Crippen molar-refractivity contribution in [2.45, 2.75) is 39.5 Å². The molecule has 15 heavy (non-hydrogen) atoms. The number of fused-ring (bicyclic) bond motifs is 1. The van der Waals surface area contributed by atoms with Gasteiger partial charge in [0.25, 0.3) is 0 Å². The average molecular weight is 223 g/mol. The lowest BCUT2D eigenvalue weighted by Crippen LogP contribution is -2.14. The van der Waals surface area contributed by atoms with Gasteiger partial charge in [0.1, 0.15) is 0 Å². The van der Waals surface area contributed by atoms with E-state index in [0.717, 1.165) is 12.5 Å². The molecule has 1 heterocycles. The number of hydrogen-bond acceptors (Lipinski definition) is 2. The molecule has 1 unspecified atom stereocenters. The van der Waals surface area contributed by atoms with Gasteiger partial charge in [-0.3, -0.25) is 0 Å². The van der Waals surface area contributed by atoms with Gasteiger partial charge in [-0.2, -0.15) is 0 Å². The van der Waals surface area contributed by atoms with Gasteiger partial charge in [0.05, 0.1) is 5.00 Å². The highest BCUT2D eigenvalue weighted by Crippen LogP contribution is 2.37. The van der Waals surface area contributed by atoms with E-state index in [1.54, 1.807) is 10.4 Å². The van der Waals surface area contributed by atoms with Crippen LogP contribution in [-0.4, -0.2) is 13.6 Å². The summed E-state index contributed by atoms with van der Waals surface area (Å²) in [6.07, 6.45) is 5.38. The first-order valence-electron chi connectivity index (χ1n) is 6.07. The molecule has 1 aliphatic rings. The fraction of sp³-hybridized carbons (Fsp3) is 0.692. The number of anilines is 1. The van der Waals surface area contributed by atoms with Crippen LogP contribution >= 0.6 is 11.3 Å². The second-order valence-electron chi connectivity index (χ2n) is 4.56. The number of thiophene rings is 1. The van der Waals surface area contributed by atoms with Crippen LogP contribution in [-0.2, 0) is 12.8 Å². The highest BCUT2D eigenvalue weighted by atomic mass is 32.1. The molecule has 1 nitrogen and oxygen atoms in total. The molecule has 0 N–H and O–H groups in total. The van der Waals surface area contributed by atoms with Crippen LogP contribution in [0, 0.1) is 5.92 Å². The van der Waals surface area contributed by atoms with E-state index in [-0.39, 0.29) is 0 Å². The fourth-order valence-electron chi connectivity index (χ4n) is 2.28. The lowest BCUT2D eigenvalue weighted by molar-refractivity contribution is 0.449. The number of nitrogens with zero attached hydrogens (tertiary/aromatic N) is 1. The molecule has 0 bridgehead atoms. The Kier molecular flexibility index (Phi) is 3.35. The first kappa shape index (κ1) is 11.0. The van der Waals surface area contributed by atoms with Crippen molar-refractivity contribution in [2.24, 2.45) is 5.92 Å². The van der Waals surface area contributed by atoms with Crippen LogP contribution in [0.3, 0.4) is 0 Å². The van der Waals surface area contributed by atoms with Crippen LogP contribution in [0.25, 0.3) is 0 Å². The molecular weight excluding hydrogens is 202 g/mol. The van der Waals surface area contributed by atoms with Gasteiger partial charge >= 0.3 is 0 Å². The van der Waals surface area contributed by atoms with Gasteiger partial charge in [-0.1, -0.05) is 13.3 Å². The summed E-state index contributed by atoms with van der Waals surface area (Å²) in [5, 5.41) is 1.46. The lowest BCUT2D eigenvalue weighted by atomic mass is 9.87. The topological polar surface area (TPSA) is 3.24 Å². The van der Waals surface area contributed by atoms with Crippen molar-refractivity contribution in [1.29, 1.82) is 0 Å². The third-order valence-electron chi connectivity index (χ3n) is 3.60. The Morgan fingerprint density at radius 1 is 1.47 bits per heavy atom. The molecule has 0 saturated carbocycles. The Bertz CT molecular complexity index is 329. The number of rotatable bonds is 3. The standard InChI is InChI=1S/C13H21NS/c1-4-10-6-7-12-11(8-10)9-13(15-12)14(3)5-2/h9-10H,4-8H2,1-3H3. The van der Waals surface area contributed by atoms with E-state index < -0.39 is 0 Å². The first-order valence-corrected chi connectivity index (χ1v) is 6.89. The van der Waals surface area contributed by atoms with Crippen LogP contribution in [0.5, 0.6) is 0 Å². The highest BCUT2D eigenvalue weighted by Gasteiger charge is 2.20. The van der Waals surface area contributed by atoms with E-state index in [1.807, 2.05) is 11.3 Å². The summed E-state index contributed by atoms with van der Waals surface area (Å²) in [6.45, 7) is 5.64. The summed E-state index contributed by atoms with van der Waals surface area (Å²) in [5.74, 6) is 0.937. The normalized spacial score (nSPS) is 20.1. The minimum atomic E-state index is 0.937. The Labute approximate surface area is 97.1 Å². The molecule has 0 saturated heterocycles. The van der Waals surface area contributed by atoms with E-state index in [9.17, 15) is 0 Å². The zero-order valence-electron chi connectivity index (χ0n) is 10.0. The van der Waals surface area contributed by atoms with Crippen LogP contribution in [0.4, 0.5) is 5.00 Å². The summed E-state index contributed by atoms with van der Waals surface area (Å²) >= 11 is 2.01. The molecule has 1 aromatic heterocycles. The van der Waals surface area contributed by atoms with E-state index in [2.05, 4.69) is 31.9 Å². The lowest BCUT2D eigenvalue weighted by Gasteiger charge is -2.19. The Morgan fingerprint density at radius 3 is 2.93 bits per heavy atom. The van der Waals surface area contributed by atoms with Crippen LogP contribution in [0.1, 0.15) is 37.1 Å².